The Morgan fingerprint density at radius 1 is 1.27 bits per heavy atom. The Bertz CT molecular complexity index is 362. The van der Waals surface area contributed by atoms with E-state index in [1.54, 1.807) is 30.3 Å². The maximum absolute atomic E-state index is 11.7. The topological polar surface area (TPSA) is 54.4 Å². The Hall–Kier alpha value is -1.00. The number of rotatable bonds is 3. The molecule has 0 aliphatic carbocycles. The van der Waals surface area contributed by atoms with Crippen molar-refractivity contribution < 1.29 is 14.7 Å². The normalized spacial score (nSPS) is 13.5. The number of ketones is 1. The minimum absolute atomic E-state index is 0. The highest BCUT2D eigenvalue weighted by Gasteiger charge is 2.37. The van der Waals surface area contributed by atoms with Gasteiger partial charge in [0.2, 0.25) is 0 Å². The van der Waals surface area contributed by atoms with E-state index in [4.69, 9.17) is 5.11 Å². The first-order valence-electron chi connectivity index (χ1n) is 4.02. The molecule has 0 amide bonds. The molecule has 0 saturated carbocycles. The molecule has 1 N–H and O–H groups in total. The van der Waals surface area contributed by atoms with Crippen molar-refractivity contribution in [3.63, 3.8) is 0 Å². The van der Waals surface area contributed by atoms with E-state index in [-0.39, 0.29) is 12.4 Å². The zero-order valence-electron chi connectivity index (χ0n) is 8.01. The summed E-state index contributed by atoms with van der Waals surface area (Å²) in [5.74, 6) is -1.75. The number of carboxylic acids is 1. The Balaban J connectivity index is 0.00000196. The Labute approximate surface area is 99.3 Å². The maximum atomic E-state index is 11.7. The zero-order chi connectivity index (χ0) is 10.8. The average Bonchev–Trinajstić information content (AvgIpc) is 2.17. The molecule has 1 aromatic rings. The Morgan fingerprint density at radius 3 is 2.13 bits per heavy atom. The lowest BCUT2D eigenvalue weighted by Gasteiger charge is -2.16. The molecule has 0 aromatic heterocycles. The second kappa shape index (κ2) is 5.19. The molecule has 0 aliphatic heterocycles. The fourth-order valence-corrected chi connectivity index (χ4v) is 1.10. The summed E-state index contributed by atoms with van der Waals surface area (Å²) >= 11 is 3.84. The van der Waals surface area contributed by atoms with Crippen LogP contribution in [0, 0.1) is 0 Å². The lowest BCUT2D eigenvalue weighted by Crippen LogP contribution is -2.38. The molecule has 3 nitrogen and oxygen atoms in total. The number of carboxylic acid groups (broad SMARTS) is 1. The number of thiol groups is 1. The highest BCUT2D eigenvalue weighted by Crippen LogP contribution is 2.20. The molecule has 1 atom stereocenters. The third-order valence-corrected chi connectivity index (χ3v) is 2.29. The highest BCUT2D eigenvalue weighted by molar-refractivity contribution is 7.83. The first kappa shape index (κ1) is 14.0. The molecule has 1 aromatic carbocycles. The van der Waals surface area contributed by atoms with E-state index in [9.17, 15) is 9.59 Å². The average molecular weight is 247 g/mol. The van der Waals surface area contributed by atoms with Crippen LogP contribution in [0.2, 0.25) is 0 Å². The van der Waals surface area contributed by atoms with Crippen molar-refractivity contribution in [3.05, 3.63) is 35.9 Å². The fraction of sp³-hybridized carbons (Fsp3) is 0.200. The molecule has 15 heavy (non-hydrogen) atoms. The van der Waals surface area contributed by atoms with Gasteiger partial charge in [0.15, 0.2) is 10.5 Å². The first-order valence-corrected chi connectivity index (χ1v) is 4.46. The third kappa shape index (κ3) is 2.97. The summed E-state index contributed by atoms with van der Waals surface area (Å²) in [6.45, 7) is 1.27. The molecule has 0 bridgehead atoms. The Morgan fingerprint density at radius 2 is 1.73 bits per heavy atom. The smallest absolute Gasteiger partial charge is 0.327 e. The largest absolute Gasteiger partial charge is 0.480 e. The molecule has 0 saturated heterocycles. The summed E-state index contributed by atoms with van der Waals surface area (Å²) < 4.78 is -1.67. The number of halogens is 1. The molecular weight excluding hydrogens is 236 g/mol. The second-order valence-electron chi connectivity index (χ2n) is 3.07. The summed E-state index contributed by atoms with van der Waals surface area (Å²) in [4.78, 5) is 22.4. The first-order chi connectivity index (χ1) is 6.46. The third-order valence-electron chi connectivity index (χ3n) is 1.89. The van der Waals surface area contributed by atoms with Gasteiger partial charge in [-0.15, -0.1) is 12.4 Å². The van der Waals surface area contributed by atoms with Crippen LogP contribution < -0.4 is 0 Å². The van der Waals surface area contributed by atoms with Crippen molar-refractivity contribution >= 4 is 36.8 Å². The molecule has 0 heterocycles. The van der Waals surface area contributed by atoms with E-state index < -0.39 is 16.5 Å². The number of hydrogen-bond donors (Lipinski definition) is 2. The maximum Gasteiger partial charge on any atom is 0.327 e. The van der Waals surface area contributed by atoms with Crippen LogP contribution in [-0.4, -0.2) is 21.6 Å². The summed E-state index contributed by atoms with van der Waals surface area (Å²) in [5, 5.41) is 8.78. The van der Waals surface area contributed by atoms with Gasteiger partial charge in [-0.25, -0.2) is 0 Å². The second-order valence-corrected chi connectivity index (χ2v) is 3.97. The van der Waals surface area contributed by atoms with Crippen molar-refractivity contribution in [2.24, 2.45) is 0 Å². The molecule has 1 rings (SSSR count). The number of Topliss-reactive ketones (excluding diaryl/α,β-unsaturated/α-hetero) is 1. The van der Waals surface area contributed by atoms with Crippen molar-refractivity contribution in [2.45, 2.75) is 11.7 Å². The van der Waals surface area contributed by atoms with Crippen LogP contribution in [0.25, 0.3) is 0 Å². The molecule has 1 unspecified atom stereocenters. The summed E-state index contributed by atoms with van der Waals surface area (Å²) in [7, 11) is 0. The summed E-state index contributed by atoms with van der Waals surface area (Å²) in [5.41, 5.74) is 0.354. The van der Waals surface area contributed by atoms with Gasteiger partial charge in [0, 0.05) is 5.56 Å². The zero-order valence-corrected chi connectivity index (χ0v) is 9.72. The minimum atomic E-state index is -1.67. The van der Waals surface area contributed by atoms with Crippen LogP contribution in [0.4, 0.5) is 0 Å². The molecule has 82 valence electrons. The van der Waals surface area contributed by atoms with E-state index in [0.29, 0.717) is 5.56 Å². The number of aliphatic carboxylic acids is 1. The van der Waals surface area contributed by atoms with Gasteiger partial charge in [0.1, 0.15) is 0 Å². The van der Waals surface area contributed by atoms with Gasteiger partial charge in [-0.3, -0.25) is 9.59 Å². The van der Waals surface area contributed by atoms with Gasteiger partial charge in [-0.2, -0.15) is 12.6 Å². The van der Waals surface area contributed by atoms with E-state index in [1.165, 1.54) is 6.92 Å². The van der Waals surface area contributed by atoms with Crippen LogP contribution in [0.1, 0.15) is 17.3 Å². The summed E-state index contributed by atoms with van der Waals surface area (Å²) in [6, 6.07) is 8.25. The standard InChI is InChI=1S/C10H10O3S.ClH/c1-10(14,9(12)13)8(11)7-5-3-2-4-6-7;/h2-6,14H,1H3,(H,12,13);1H. The van der Waals surface area contributed by atoms with Gasteiger partial charge in [0.05, 0.1) is 0 Å². The molecular formula is C10H11ClO3S. The van der Waals surface area contributed by atoms with Crippen LogP contribution >= 0.6 is 25.0 Å². The SMILES string of the molecule is CC(S)(C(=O)O)C(=O)c1ccccc1.Cl. The van der Waals surface area contributed by atoms with Crippen LogP contribution in [0.15, 0.2) is 30.3 Å². The molecule has 0 spiro atoms. The molecule has 0 fully saturated rings. The van der Waals surface area contributed by atoms with Gasteiger partial charge in [-0.05, 0) is 6.92 Å². The van der Waals surface area contributed by atoms with E-state index in [2.05, 4.69) is 12.6 Å². The summed E-state index contributed by atoms with van der Waals surface area (Å²) in [6.07, 6.45) is 0. The van der Waals surface area contributed by atoms with Crippen molar-refractivity contribution in [1.82, 2.24) is 0 Å². The van der Waals surface area contributed by atoms with Crippen LogP contribution in [-0.2, 0) is 4.79 Å². The predicted octanol–water partition coefficient (Wildman–Crippen LogP) is 2.06. The quantitative estimate of drug-likeness (QED) is 0.488. The lowest BCUT2D eigenvalue weighted by molar-refractivity contribution is -0.137. The highest BCUT2D eigenvalue weighted by atomic mass is 35.5. The van der Waals surface area contributed by atoms with Gasteiger partial charge < -0.3 is 5.11 Å². The van der Waals surface area contributed by atoms with E-state index in [0.717, 1.165) is 0 Å². The Kier molecular flexibility index (Phi) is 4.84. The number of carbonyl (C=O) groups excluding carboxylic acids is 1. The van der Waals surface area contributed by atoms with Crippen LogP contribution in [0.5, 0.6) is 0 Å². The van der Waals surface area contributed by atoms with Crippen molar-refractivity contribution in [1.29, 1.82) is 0 Å². The van der Waals surface area contributed by atoms with Gasteiger partial charge in [-0.1, -0.05) is 30.3 Å². The van der Waals surface area contributed by atoms with Crippen LogP contribution in [0.3, 0.4) is 0 Å². The van der Waals surface area contributed by atoms with Crippen molar-refractivity contribution in [3.8, 4) is 0 Å². The van der Waals surface area contributed by atoms with Gasteiger partial charge >= 0.3 is 5.97 Å². The number of hydrogen-bond acceptors (Lipinski definition) is 3. The number of benzene rings is 1. The van der Waals surface area contributed by atoms with E-state index >= 15 is 0 Å². The number of carbonyl (C=O) groups is 2. The van der Waals surface area contributed by atoms with Gasteiger partial charge in [0.25, 0.3) is 0 Å². The monoisotopic (exact) mass is 246 g/mol. The fourth-order valence-electron chi connectivity index (χ4n) is 0.968. The molecule has 0 aliphatic rings. The van der Waals surface area contributed by atoms with Crippen molar-refractivity contribution in [2.75, 3.05) is 0 Å². The van der Waals surface area contributed by atoms with E-state index in [1.807, 2.05) is 0 Å². The lowest BCUT2D eigenvalue weighted by atomic mass is 9.99. The minimum Gasteiger partial charge on any atom is -0.480 e. The molecule has 0 radical (unpaired) electrons. The predicted molar refractivity (Wildman–Crippen MR) is 63.0 cm³/mol. The molecule has 5 heteroatoms.